The quantitative estimate of drug-likeness (QED) is 0.263. The number of rotatable bonds is 16. The van der Waals surface area contributed by atoms with Crippen LogP contribution in [0.25, 0.3) is 0 Å². The van der Waals surface area contributed by atoms with Crippen molar-refractivity contribution in [3.05, 3.63) is 15.0 Å². The second-order valence-corrected chi connectivity index (χ2v) is 9.38. The third kappa shape index (κ3) is 10.9. The van der Waals surface area contributed by atoms with Crippen LogP contribution in [0.4, 0.5) is 5.13 Å². The molecule has 0 saturated carbocycles. The number of anilines is 1. The highest BCUT2D eigenvalue weighted by Crippen LogP contribution is 2.19. The molecule has 0 bridgehead atoms. The van der Waals surface area contributed by atoms with Gasteiger partial charge in [-0.15, -0.1) is 31.7 Å². The topological polar surface area (TPSA) is 150 Å². The molecule has 34 heavy (non-hydrogen) atoms. The average Bonchev–Trinajstić information content (AvgIpc) is 3.43. The van der Waals surface area contributed by atoms with Crippen LogP contribution in [0.2, 0.25) is 0 Å². The van der Waals surface area contributed by atoms with Crippen LogP contribution in [0.15, 0.2) is 0 Å². The zero-order chi connectivity index (χ0) is 24.8. The van der Waals surface area contributed by atoms with Crippen LogP contribution in [0, 0.1) is 0 Å². The van der Waals surface area contributed by atoms with E-state index in [0.29, 0.717) is 29.8 Å². The second-order valence-electron chi connectivity index (χ2n) is 7.17. The number of aromatic nitrogens is 4. The van der Waals surface area contributed by atoms with Crippen molar-refractivity contribution in [2.75, 3.05) is 18.5 Å². The summed E-state index contributed by atoms with van der Waals surface area (Å²) in [6, 6.07) is 0. The fraction of sp³-hybridized carbons (Fsp3) is 0.619. The molecule has 0 fully saturated rings. The summed E-state index contributed by atoms with van der Waals surface area (Å²) in [5.74, 6) is -1.13. The summed E-state index contributed by atoms with van der Waals surface area (Å²) in [5, 5.41) is 21.6. The molecule has 0 saturated heterocycles. The molecule has 2 aromatic heterocycles. The number of ketones is 1. The zero-order valence-electron chi connectivity index (χ0n) is 19.3. The Morgan fingerprint density at radius 3 is 1.94 bits per heavy atom. The molecule has 2 rings (SSSR count). The lowest BCUT2D eigenvalue weighted by molar-refractivity contribution is -0.144. The number of hydrogen-bond donors (Lipinski definition) is 1. The highest BCUT2D eigenvalue weighted by atomic mass is 32.1. The van der Waals surface area contributed by atoms with E-state index in [1.165, 1.54) is 22.7 Å². The van der Waals surface area contributed by atoms with Crippen molar-refractivity contribution < 1.29 is 28.7 Å². The molecule has 11 nitrogen and oxygen atoms in total. The first kappa shape index (κ1) is 27.4. The van der Waals surface area contributed by atoms with Gasteiger partial charge in [0.05, 0.1) is 32.5 Å². The van der Waals surface area contributed by atoms with E-state index in [1.54, 1.807) is 13.8 Å². The van der Waals surface area contributed by atoms with Gasteiger partial charge < -0.3 is 14.8 Å². The normalized spacial score (nSPS) is 10.6. The molecule has 0 atom stereocenters. The Balaban J connectivity index is 1.63. The number of nitrogens with zero attached hydrogens (tertiary/aromatic N) is 4. The first-order valence-electron chi connectivity index (χ1n) is 11.2. The Labute approximate surface area is 205 Å². The van der Waals surface area contributed by atoms with Gasteiger partial charge in [-0.25, -0.2) is 0 Å². The fourth-order valence-corrected chi connectivity index (χ4v) is 4.49. The van der Waals surface area contributed by atoms with E-state index in [9.17, 15) is 19.2 Å². The van der Waals surface area contributed by atoms with Gasteiger partial charge in [0.25, 0.3) is 0 Å². The number of aryl methyl sites for hydroxylation is 2. The van der Waals surface area contributed by atoms with Gasteiger partial charge in [-0.2, -0.15) is 0 Å². The predicted molar refractivity (Wildman–Crippen MR) is 126 cm³/mol. The minimum absolute atomic E-state index is 0.0282. The molecule has 0 aliphatic heterocycles. The Hall–Kier alpha value is -2.80. The summed E-state index contributed by atoms with van der Waals surface area (Å²) in [4.78, 5) is 46.5. The second kappa shape index (κ2) is 15.2. The number of Topliss-reactive ketones (excluding diaryl/α,β-unsaturated/α-hetero) is 1. The number of unbranched alkanes of at least 4 members (excludes halogenated alkanes) is 1. The van der Waals surface area contributed by atoms with Crippen molar-refractivity contribution in [1.82, 2.24) is 20.4 Å². The monoisotopic (exact) mass is 511 g/mol. The summed E-state index contributed by atoms with van der Waals surface area (Å²) in [6.45, 7) is 4.04. The number of hydrogen-bond acceptors (Lipinski definition) is 12. The molecule has 186 valence electrons. The highest BCUT2D eigenvalue weighted by Gasteiger charge is 2.13. The Morgan fingerprint density at radius 1 is 0.735 bits per heavy atom. The first-order chi connectivity index (χ1) is 16.4. The van der Waals surface area contributed by atoms with E-state index < -0.39 is 5.97 Å². The average molecular weight is 512 g/mol. The third-order valence-electron chi connectivity index (χ3n) is 4.38. The number of nitrogens with one attached hydrogen (secondary N) is 1. The van der Waals surface area contributed by atoms with Crippen molar-refractivity contribution in [2.24, 2.45) is 0 Å². The molecule has 2 aromatic rings. The summed E-state index contributed by atoms with van der Waals surface area (Å²) in [5.41, 5.74) is 0. The van der Waals surface area contributed by atoms with Crippen molar-refractivity contribution in [1.29, 1.82) is 0 Å². The summed E-state index contributed by atoms with van der Waals surface area (Å²) >= 11 is 2.71. The van der Waals surface area contributed by atoms with Crippen LogP contribution in [0.1, 0.15) is 67.4 Å². The van der Waals surface area contributed by atoms with Gasteiger partial charge in [0, 0.05) is 25.7 Å². The Bertz CT molecular complexity index is 885. The van der Waals surface area contributed by atoms with Gasteiger partial charge in [0.2, 0.25) is 11.0 Å². The molecule has 2 heterocycles. The van der Waals surface area contributed by atoms with E-state index in [4.69, 9.17) is 9.47 Å². The summed E-state index contributed by atoms with van der Waals surface area (Å²) in [7, 11) is 0. The Kier molecular flexibility index (Phi) is 12.2. The van der Waals surface area contributed by atoms with Crippen molar-refractivity contribution in [3.8, 4) is 0 Å². The smallest absolute Gasteiger partial charge is 0.306 e. The standard InChI is InChI=1S/C21H29N5O6S2/c1-3-31-19(29)11-9-14(27)13-18-25-23-16(33-18)7-5-6-8-17-24-26-21(34-17)22-15(28)10-12-20(30)32-4-2/h3-13H2,1-2H3,(H,22,26,28). The fourth-order valence-electron chi connectivity index (χ4n) is 2.78. The SMILES string of the molecule is CCOC(=O)CCC(=O)Cc1nnc(CCCCc2nnc(NC(=O)CCC(=O)OCC)s2)s1. The lowest BCUT2D eigenvalue weighted by atomic mass is 10.2. The molecule has 0 spiro atoms. The molecular weight excluding hydrogens is 482 g/mol. The summed E-state index contributed by atoms with van der Waals surface area (Å²) in [6.07, 6.45) is 3.65. The minimum Gasteiger partial charge on any atom is -0.466 e. The van der Waals surface area contributed by atoms with Crippen molar-refractivity contribution >= 4 is 51.4 Å². The Morgan fingerprint density at radius 2 is 1.29 bits per heavy atom. The molecule has 0 aromatic carbocycles. The largest absolute Gasteiger partial charge is 0.466 e. The predicted octanol–water partition coefficient (Wildman–Crippen LogP) is 2.69. The van der Waals surface area contributed by atoms with Gasteiger partial charge in [0.15, 0.2) is 0 Å². The van der Waals surface area contributed by atoms with Gasteiger partial charge in [-0.05, 0) is 26.7 Å². The van der Waals surface area contributed by atoms with E-state index >= 15 is 0 Å². The molecule has 13 heteroatoms. The van der Waals surface area contributed by atoms with Crippen LogP contribution in [0.5, 0.6) is 0 Å². The first-order valence-corrected chi connectivity index (χ1v) is 12.8. The van der Waals surface area contributed by atoms with E-state index in [1.807, 2.05) is 0 Å². The van der Waals surface area contributed by atoms with Crippen molar-refractivity contribution in [3.63, 3.8) is 0 Å². The molecular formula is C21H29N5O6S2. The number of esters is 2. The zero-order valence-corrected chi connectivity index (χ0v) is 21.0. The third-order valence-corrected chi connectivity index (χ3v) is 6.26. The minimum atomic E-state index is -0.404. The number of amides is 1. The number of ether oxygens (including phenoxy) is 2. The van der Waals surface area contributed by atoms with Gasteiger partial charge in [-0.3, -0.25) is 19.2 Å². The van der Waals surface area contributed by atoms with E-state index in [0.717, 1.165) is 29.3 Å². The van der Waals surface area contributed by atoms with Crippen LogP contribution in [0.3, 0.4) is 0 Å². The maximum atomic E-state index is 12.0. The number of carbonyl (C=O) groups is 4. The van der Waals surface area contributed by atoms with Gasteiger partial charge in [-0.1, -0.05) is 11.3 Å². The lowest BCUT2D eigenvalue weighted by Gasteiger charge is -2.01. The molecule has 0 aliphatic rings. The maximum Gasteiger partial charge on any atom is 0.306 e. The summed E-state index contributed by atoms with van der Waals surface area (Å²) < 4.78 is 9.61. The van der Waals surface area contributed by atoms with Crippen LogP contribution >= 0.6 is 22.7 Å². The molecule has 1 amide bonds. The number of carbonyl (C=O) groups excluding carboxylic acids is 4. The lowest BCUT2D eigenvalue weighted by Crippen LogP contribution is -2.14. The van der Waals surface area contributed by atoms with Gasteiger partial charge in [0.1, 0.15) is 20.8 Å². The maximum absolute atomic E-state index is 12.0. The van der Waals surface area contributed by atoms with Gasteiger partial charge >= 0.3 is 11.9 Å². The molecule has 1 N–H and O–H groups in total. The van der Waals surface area contributed by atoms with Crippen molar-refractivity contribution in [2.45, 2.75) is 71.6 Å². The molecule has 0 aliphatic carbocycles. The highest BCUT2D eigenvalue weighted by molar-refractivity contribution is 7.15. The van der Waals surface area contributed by atoms with Crippen LogP contribution in [-0.2, 0) is 47.9 Å². The van der Waals surface area contributed by atoms with E-state index in [2.05, 4.69) is 25.7 Å². The molecule has 0 radical (unpaired) electrons. The van der Waals surface area contributed by atoms with Crippen LogP contribution < -0.4 is 5.32 Å². The molecule has 0 unspecified atom stereocenters. The van der Waals surface area contributed by atoms with E-state index in [-0.39, 0.29) is 49.8 Å². The van der Waals surface area contributed by atoms with Crippen LogP contribution in [-0.4, -0.2) is 57.2 Å².